The van der Waals surface area contributed by atoms with Crippen molar-refractivity contribution >= 4 is 17.6 Å². The van der Waals surface area contributed by atoms with E-state index < -0.39 is 0 Å². The number of aromatic nitrogens is 1. The minimum Gasteiger partial charge on any atom is -0.469 e. The summed E-state index contributed by atoms with van der Waals surface area (Å²) in [4.78, 5) is 28.8. The maximum Gasteiger partial charge on any atom is 0.311 e. The summed E-state index contributed by atoms with van der Waals surface area (Å²) in [7, 11) is 1.55. The Morgan fingerprint density at radius 1 is 1.06 bits per heavy atom. The maximum absolute atomic E-state index is 12.9. The van der Waals surface area contributed by atoms with Crippen molar-refractivity contribution in [2.75, 3.05) is 7.11 Å². The van der Waals surface area contributed by atoms with Crippen molar-refractivity contribution in [2.45, 2.75) is 91.5 Å². The number of fused-ring (bicyclic) bond motifs is 3. The van der Waals surface area contributed by atoms with Crippen LogP contribution < -0.4 is 0 Å². The molecule has 0 aromatic carbocycles. The SMILES string of the molecule is COC(=O)[C@]1(C)CCC[C@@]2(C)C3CC[C@@]4(C)C[C@]3(CCC21)CC4N=Nc1ccc(C(C)=O)cn1. The van der Waals surface area contributed by atoms with Crippen LogP contribution in [0.25, 0.3) is 0 Å². The van der Waals surface area contributed by atoms with E-state index in [1.54, 1.807) is 32.4 Å². The fourth-order valence-corrected chi connectivity index (χ4v) is 9.17. The molecular weight excluding hydrogens is 426 g/mol. The number of ketones is 1. The van der Waals surface area contributed by atoms with Gasteiger partial charge >= 0.3 is 5.97 Å². The second-order valence-electron chi connectivity index (χ2n) is 12.5. The molecule has 6 heteroatoms. The molecule has 1 heterocycles. The minimum absolute atomic E-state index is 0.00772. The number of hydrogen-bond donors (Lipinski definition) is 0. The van der Waals surface area contributed by atoms with Crippen LogP contribution in [0.1, 0.15) is 95.8 Å². The lowest BCUT2D eigenvalue weighted by molar-refractivity contribution is -0.185. The molecule has 4 saturated carbocycles. The zero-order valence-electron chi connectivity index (χ0n) is 21.4. The van der Waals surface area contributed by atoms with Gasteiger partial charge in [-0.3, -0.25) is 9.59 Å². The molecule has 34 heavy (non-hydrogen) atoms. The van der Waals surface area contributed by atoms with Gasteiger partial charge in [0, 0.05) is 11.8 Å². The number of azo groups is 1. The molecule has 0 radical (unpaired) electrons. The molecule has 1 aromatic rings. The molecule has 4 fully saturated rings. The summed E-state index contributed by atoms with van der Waals surface area (Å²) < 4.78 is 5.32. The fraction of sp³-hybridized carbons (Fsp3) is 0.750. The number of hydrogen-bond acceptors (Lipinski definition) is 6. The molecule has 3 unspecified atom stereocenters. The van der Waals surface area contributed by atoms with E-state index in [2.05, 4.69) is 30.9 Å². The zero-order chi connectivity index (χ0) is 24.4. The molecule has 0 N–H and O–H groups in total. The van der Waals surface area contributed by atoms with E-state index >= 15 is 0 Å². The summed E-state index contributed by atoms with van der Waals surface area (Å²) in [6.45, 7) is 8.61. The Morgan fingerprint density at radius 3 is 2.50 bits per heavy atom. The quantitative estimate of drug-likeness (QED) is 0.281. The number of nitrogens with zero attached hydrogens (tertiary/aromatic N) is 3. The Kier molecular flexibility index (Phi) is 5.53. The summed E-state index contributed by atoms with van der Waals surface area (Å²) >= 11 is 0. The van der Waals surface area contributed by atoms with E-state index in [0.29, 0.717) is 28.6 Å². The van der Waals surface area contributed by atoms with Crippen LogP contribution in [-0.4, -0.2) is 29.9 Å². The molecule has 1 spiro atoms. The number of pyridine rings is 1. The molecular formula is C28H39N3O3. The predicted molar refractivity (Wildman–Crippen MR) is 130 cm³/mol. The first-order valence-corrected chi connectivity index (χ1v) is 13.0. The monoisotopic (exact) mass is 465 g/mol. The highest BCUT2D eigenvalue weighted by Crippen LogP contribution is 2.74. The van der Waals surface area contributed by atoms with Gasteiger partial charge in [-0.1, -0.05) is 20.3 Å². The van der Waals surface area contributed by atoms with Crippen LogP contribution in [-0.2, 0) is 9.53 Å². The van der Waals surface area contributed by atoms with Gasteiger partial charge in [0.05, 0.1) is 18.6 Å². The average Bonchev–Trinajstić information content (AvgIpc) is 3.01. The summed E-state index contributed by atoms with van der Waals surface area (Å²) in [5, 5.41) is 9.39. The number of carbonyl (C=O) groups is 2. The van der Waals surface area contributed by atoms with E-state index in [0.717, 1.165) is 32.1 Å². The van der Waals surface area contributed by atoms with Crippen molar-refractivity contribution in [3.05, 3.63) is 23.9 Å². The van der Waals surface area contributed by atoms with Crippen molar-refractivity contribution in [3.63, 3.8) is 0 Å². The van der Waals surface area contributed by atoms with Gasteiger partial charge in [0.25, 0.3) is 0 Å². The van der Waals surface area contributed by atoms with Gasteiger partial charge in [-0.25, -0.2) is 4.98 Å². The third-order valence-corrected chi connectivity index (χ3v) is 10.7. The third-order valence-electron chi connectivity index (χ3n) is 10.7. The maximum atomic E-state index is 12.9. The number of ether oxygens (including phenoxy) is 1. The zero-order valence-corrected chi connectivity index (χ0v) is 21.4. The predicted octanol–water partition coefficient (Wildman–Crippen LogP) is 6.71. The number of methoxy groups -OCH3 is 1. The molecule has 5 rings (SSSR count). The Labute approximate surface area is 203 Å². The molecule has 0 saturated heterocycles. The van der Waals surface area contributed by atoms with Gasteiger partial charge in [0.15, 0.2) is 11.6 Å². The largest absolute Gasteiger partial charge is 0.469 e. The Bertz CT molecular complexity index is 1020. The summed E-state index contributed by atoms with van der Waals surface area (Å²) in [6, 6.07) is 3.76. The third kappa shape index (κ3) is 3.38. The normalized spacial score (nSPS) is 43.3. The summed E-state index contributed by atoms with van der Waals surface area (Å²) in [5.74, 6) is 1.59. The Morgan fingerprint density at radius 2 is 1.82 bits per heavy atom. The molecule has 6 nitrogen and oxygen atoms in total. The number of carbonyl (C=O) groups excluding carboxylic acids is 2. The lowest BCUT2D eigenvalue weighted by Gasteiger charge is -2.64. The van der Waals surface area contributed by atoms with E-state index in [9.17, 15) is 9.59 Å². The van der Waals surface area contributed by atoms with E-state index in [1.807, 2.05) is 0 Å². The van der Waals surface area contributed by atoms with Crippen LogP contribution in [0.15, 0.2) is 28.6 Å². The second kappa shape index (κ2) is 7.96. The lowest BCUT2D eigenvalue weighted by atomic mass is 9.40. The van der Waals surface area contributed by atoms with Crippen LogP contribution in [0.5, 0.6) is 0 Å². The van der Waals surface area contributed by atoms with Crippen LogP contribution in [0.2, 0.25) is 0 Å². The lowest BCUT2D eigenvalue weighted by Crippen LogP contribution is -2.58. The van der Waals surface area contributed by atoms with E-state index in [4.69, 9.17) is 9.85 Å². The van der Waals surface area contributed by atoms with Crippen LogP contribution in [0.3, 0.4) is 0 Å². The summed E-state index contributed by atoms with van der Waals surface area (Å²) in [6.07, 6.45) is 11.8. The van der Waals surface area contributed by atoms with Crippen molar-refractivity contribution in [3.8, 4) is 0 Å². The molecule has 184 valence electrons. The highest BCUT2D eigenvalue weighted by atomic mass is 16.5. The van der Waals surface area contributed by atoms with Gasteiger partial charge in [-0.05, 0) is 105 Å². The fourth-order valence-electron chi connectivity index (χ4n) is 9.17. The van der Waals surface area contributed by atoms with Crippen LogP contribution in [0.4, 0.5) is 5.82 Å². The standard InChI is InChI=1S/C28H39N3O3/c1-18(32)19-7-8-23(29-16-19)31-30-22-15-28-14-10-20-26(3,21(28)9-13-25(22,2)17-28)11-6-12-27(20,4)24(33)34-5/h7-8,16,20-22H,6,9-15,17H2,1-5H3/t20?,21?,22?,25-,26+,27+,28-/m0/s1. The van der Waals surface area contributed by atoms with Crippen molar-refractivity contribution in [2.24, 2.45) is 43.7 Å². The number of rotatable bonds is 4. The Balaban J connectivity index is 1.40. The molecule has 4 aliphatic rings. The van der Waals surface area contributed by atoms with Gasteiger partial charge in [0.1, 0.15) is 0 Å². The Hall–Kier alpha value is -2.11. The van der Waals surface area contributed by atoms with E-state index in [-0.39, 0.29) is 34.0 Å². The molecule has 2 bridgehead atoms. The summed E-state index contributed by atoms with van der Waals surface area (Å²) in [5.41, 5.74) is 0.877. The van der Waals surface area contributed by atoms with E-state index in [1.165, 1.54) is 25.7 Å². The number of Topliss-reactive ketones (excluding diaryl/α,β-unsaturated/α-hetero) is 1. The van der Waals surface area contributed by atoms with Crippen molar-refractivity contribution in [1.29, 1.82) is 0 Å². The minimum atomic E-state index is -0.362. The van der Waals surface area contributed by atoms with Gasteiger partial charge in [-0.15, -0.1) is 5.11 Å². The molecule has 4 aliphatic carbocycles. The topological polar surface area (TPSA) is 81.0 Å². The van der Waals surface area contributed by atoms with Gasteiger partial charge in [-0.2, -0.15) is 5.11 Å². The highest BCUT2D eigenvalue weighted by Gasteiger charge is 2.68. The van der Waals surface area contributed by atoms with Gasteiger partial charge < -0.3 is 4.74 Å². The highest BCUT2D eigenvalue weighted by molar-refractivity contribution is 5.93. The number of esters is 1. The second-order valence-corrected chi connectivity index (χ2v) is 12.5. The average molecular weight is 466 g/mol. The van der Waals surface area contributed by atoms with Crippen molar-refractivity contribution < 1.29 is 14.3 Å². The molecule has 0 amide bonds. The van der Waals surface area contributed by atoms with Crippen molar-refractivity contribution in [1.82, 2.24) is 4.98 Å². The molecule has 7 atom stereocenters. The first kappa shape index (κ1) is 23.6. The van der Waals surface area contributed by atoms with Crippen LogP contribution in [0, 0.1) is 33.5 Å². The molecule has 0 aliphatic heterocycles. The molecule has 1 aromatic heterocycles. The first-order valence-electron chi connectivity index (χ1n) is 13.0. The van der Waals surface area contributed by atoms with Gasteiger partial charge in [0.2, 0.25) is 0 Å². The van der Waals surface area contributed by atoms with Crippen LogP contribution >= 0.6 is 0 Å². The smallest absolute Gasteiger partial charge is 0.311 e. The first-order chi connectivity index (χ1) is 16.1.